The average molecular weight is 588 g/mol. The lowest BCUT2D eigenvalue weighted by atomic mass is 9.99. The number of ether oxygens (including phenoxy) is 1. The van der Waals surface area contributed by atoms with Crippen molar-refractivity contribution in [3.63, 3.8) is 0 Å². The smallest absolute Gasteiger partial charge is 0.416 e. The fraction of sp³-hybridized carbons (Fsp3) is 0.355. The summed E-state index contributed by atoms with van der Waals surface area (Å²) in [6.45, 7) is 2.41. The Labute approximate surface area is 241 Å². The quantitative estimate of drug-likeness (QED) is 0.329. The molecule has 224 valence electrons. The van der Waals surface area contributed by atoms with Gasteiger partial charge in [0.1, 0.15) is 11.6 Å². The molecule has 1 aliphatic rings. The molecule has 3 aromatic rings. The molecule has 11 heteroatoms. The number of aryl methyl sites for hydroxylation is 1. The van der Waals surface area contributed by atoms with Crippen LogP contribution >= 0.6 is 0 Å². The summed E-state index contributed by atoms with van der Waals surface area (Å²) in [4.78, 5) is 26.0. The second-order valence-corrected chi connectivity index (χ2v) is 10.4. The molecule has 1 aliphatic heterocycles. The van der Waals surface area contributed by atoms with Gasteiger partial charge in [0.15, 0.2) is 0 Å². The summed E-state index contributed by atoms with van der Waals surface area (Å²) in [6.07, 6.45) is -4.40. The number of carbonyl (C=O) groups is 2. The highest BCUT2D eigenvalue weighted by Crippen LogP contribution is 2.29. The van der Waals surface area contributed by atoms with Crippen molar-refractivity contribution < 1.29 is 37.0 Å². The molecule has 4 bridgehead atoms. The first-order chi connectivity index (χ1) is 20.0. The van der Waals surface area contributed by atoms with Crippen molar-refractivity contribution in [2.24, 2.45) is 0 Å². The van der Waals surface area contributed by atoms with Crippen molar-refractivity contribution in [3.05, 3.63) is 99.9 Å². The van der Waals surface area contributed by atoms with E-state index in [1.54, 1.807) is 25.1 Å². The highest BCUT2D eigenvalue weighted by atomic mass is 19.4. The molecule has 0 spiro atoms. The minimum atomic E-state index is -4.48. The summed E-state index contributed by atoms with van der Waals surface area (Å²) in [5.41, 5.74) is 1.27. The highest BCUT2D eigenvalue weighted by Gasteiger charge is 2.30. The summed E-state index contributed by atoms with van der Waals surface area (Å²) in [5, 5.41) is 19.7. The number of halogens is 4. The van der Waals surface area contributed by atoms with Gasteiger partial charge in [-0.2, -0.15) is 13.2 Å². The predicted molar refractivity (Wildman–Crippen MR) is 149 cm³/mol. The van der Waals surface area contributed by atoms with Crippen molar-refractivity contribution in [2.75, 3.05) is 19.7 Å². The van der Waals surface area contributed by atoms with Crippen LogP contribution in [0.2, 0.25) is 0 Å². The number of alkyl halides is 3. The number of amides is 2. The Morgan fingerprint density at radius 2 is 1.79 bits per heavy atom. The third kappa shape index (κ3) is 8.77. The SMILES string of the molecule is Cc1cc2cc(c1)C(=O)N[C@H]([C@H](O)CNCc1cccc(C(F)(F)F)c1)Cc1cc(F)cc(c1)OCCCCNC2=O. The van der Waals surface area contributed by atoms with Gasteiger partial charge >= 0.3 is 6.18 Å². The monoisotopic (exact) mass is 587 g/mol. The van der Waals surface area contributed by atoms with Gasteiger partial charge in [-0.25, -0.2) is 4.39 Å². The molecule has 0 fully saturated rings. The van der Waals surface area contributed by atoms with E-state index >= 15 is 0 Å². The van der Waals surface area contributed by atoms with Crippen LogP contribution in [0.1, 0.15) is 55.8 Å². The van der Waals surface area contributed by atoms with Crippen molar-refractivity contribution in [1.29, 1.82) is 0 Å². The number of aliphatic hydroxyl groups is 1. The fourth-order valence-electron chi connectivity index (χ4n) is 4.74. The molecule has 0 unspecified atom stereocenters. The summed E-state index contributed by atoms with van der Waals surface area (Å²) in [6, 6.07) is 12.8. The first-order valence-corrected chi connectivity index (χ1v) is 13.7. The lowest BCUT2D eigenvalue weighted by Crippen LogP contribution is -2.48. The van der Waals surface area contributed by atoms with E-state index in [-0.39, 0.29) is 31.0 Å². The van der Waals surface area contributed by atoms with Crippen molar-refractivity contribution in [3.8, 4) is 5.75 Å². The highest BCUT2D eigenvalue weighted by molar-refractivity contribution is 6.00. The van der Waals surface area contributed by atoms with E-state index in [1.165, 1.54) is 30.3 Å². The molecule has 3 aromatic carbocycles. The van der Waals surface area contributed by atoms with Gasteiger partial charge in [-0.05, 0) is 79.3 Å². The average Bonchev–Trinajstić information content (AvgIpc) is 2.93. The number of nitrogens with one attached hydrogen (secondary N) is 3. The maximum atomic E-state index is 14.5. The van der Waals surface area contributed by atoms with E-state index in [9.17, 15) is 32.3 Å². The Morgan fingerprint density at radius 1 is 1.02 bits per heavy atom. The van der Waals surface area contributed by atoms with E-state index in [0.29, 0.717) is 54.0 Å². The Hall–Kier alpha value is -3.96. The Kier molecular flexibility index (Phi) is 10.2. The van der Waals surface area contributed by atoms with Crippen LogP contribution in [-0.2, 0) is 19.1 Å². The number of benzene rings is 3. The zero-order valence-electron chi connectivity index (χ0n) is 23.1. The Balaban J connectivity index is 1.56. The predicted octanol–water partition coefficient (Wildman–Crippen LogP) is 4.55. The van der Waals surface area contributed by atoms with E-state index in [0.717, 1.165) is 12.1 Å². The molecule has 4 rings (SSSR count). The van der Waals surface area contributed by atoms with Crippen LogP contribution in [-0.4, -0.2) is 48.8 Å². The molecule has 0 aliphatic carbocycles. The molecule has 0 saturated carbocycles. The first-order valence-electron chi connectivity index (χ1n) is 13.7. The van der Waals surface area contributed by atoms with E-state index < -0.39 is 35.6 Å². The number of hydrogen-bond acceptors (Lipinski definition) is 5. The first kappa shape index (κ1) is 31.0. The zero-order chi connectivity index (χ0) is 30.3. The van der Waals surface area contributed by atoms with Gasteiger partial charge in [-0.3, -0.25) is 9.59 Å². The van der Waals surface area contributed by atoms with Crippen LogP contribution in [0, 0.1) is 12.7 Å². The summed E-state index contributed by atoms with van der Waals surface area (Å²) >= 11 is 0. The summed E-state index contributed by atoms with van der Waals surface area (Å²) < 4.78 is 59.4. The fourth-order valence-corrected chi connectivity index (χ4v) is 4.74. The minimum Gasteiger partial charge on any atom is -0.493 e. The summed E-state index contributed by atoms with van der Waals surface area (Å²) in [7, 11) is 0. The third-order valence-electron chi connectivity index (χ3n) is 6.83. The molecule has 7 nitrogen and oxygen atoms in total. The van der Waals surface area contributed by atoms with Crippen LogP contribution in [0.3, 0.4) is 0 Å². The lowest BCUT2D eigenvalue weighted by Gasteiger charge is -2.25. The molecule has 2 amide bonds. The molecule has 2 atom stereocenters. The Morgan fingerprint density at radius 3 is 2.55 bits per heavy atom. The maximum Gasteiger partial charge on any atom is 0.416 e. The van der Waals surface area contributed by atoms with Gasteiger partial charge in [0.05, 0.1) is 24.3 Å². The van der Waals surface area contributed by atoms with Gasteiger partial charge in [0, 0.05) is 36.8 Å². The largest absolute Gasteiger partial charge is 0.493 e. The number of aliphatic hydroxyl groups excluding tert-OH is 1. The van der Waals surface area contributed by atoms with Crippen molar-refractivity contribution >= 4 is 11.8 Å². The van der Waals surface area contributed by atoms with Crippen molar-refractivity contribution in [2.45, 2.75) is 51.1 Å². The molecular weight excluding hydrogens is 554 g/mol. The van der Waals surface area contributed by atoms with Crippen LogP contribution in [0.4, 0.5) is 17.6 Å². The molecule has 0 radical (unpaired) electrons. The summed E-state index contributed by atoms with van der Waals surface area (Å²) in [5.74, 6) is -1.13. The number of fused-ring (bicyclic) bond motifs is 4. The molecular formula is C31H33F4N3O4. The van der Waals surface area contributed by atoms with E-state index in [4.69, 9.17) is 4.74 Å². The zero-order valence-corrected chi connectivity index (χ0v) is 23.1. The number of carbonyl (C=O) groups excluding carboxylic acids is 2. The lowest BCUT2D eigenvalue weighted by molar-refractivity contribution is -0.137. The van der Waals surface area contributed by atoms with Gasteiger partial charge in [-0.1, -0.05) is 18.2 Å². The molecule has 0 saturated heterocycles. The maximum absolute atomic E-state index is 14.5. The van der Waals surface area contributed by atoms with Gasteiger partial charge in [0.25, 0.3) is 11.8 Å². The molecule has 0 aromatic heterocycles. The topological polar surface area (TPSA) is 99.7 Å². The molecule has 42 heavy (non-hydrogen) atoms. The van der Waals surface area contributed by atoms with Gasteiger partial charge < -0.3 is 25.8 Å². The second-order valence-electron chi connectivity index (χ2n) is 10.4. The second kappa shape index (κ2) is 13.8. The third-order valence-corrected chi connectivity index (χ3v) is 6.83. The molecule has 4 N–H and O–H groups in total. The van der Waals surface area contributed by atoms with Crippen LogP contribution in [0.5, 0.6) is 5.75 Å². The van der Waals surface area contributed by atoms with Crippen molar-refractivity contribution in [1.82, 2.24) is 16.0 Å². The standard InChI is InChI=1S/C31H33F4N3O4/c1-19-9-22-15-23(10-19)30(41)38-27(28(39)18-36-17-20-5-4-6-24(11-20)31(33,34)35)14-21-12-25(32)16-26(13-21)42-8-3-2-7-37-29(22)40/h4-6,9-13,15-16,27-28,36,39H,2-3,7-8,14,17-18H2,1H3,(H,37,40)(H,38,41)/t27-,28+/m0/s1. The minimum absolute atomic E-state index is 0.0332. The van der Waals surface area contributed by atoms with Crippen LogP contribution in [0.25, 0.3) is 0 Å². The number of hydrogen-bond donors (Lipinski definition) is 4. The normalized spacial score (nSPS) is 17.4. The van der Waals surface area contributed by atoms with Gasteiger partial charge in [-0.15, -0.1) is 0 Å². The van der Waals surface area contributed by atoms with Crippen LogP contribution < -0.4 is 20.7 Å². The van der Waals surface area contributed by atoms with E-state index in [2.05, 4.69) is 16.0 Å². The molecule has 1 heterocycles. The van der Waals surface area contributed by atoms with E-state index in [1.807, 2.05) is 0 Å². The Bertz CT molecular complexity index is 1410. The van der Waals surface area contributed by atoms with Crippen LogP contribution in [0.15, 0.2) is 60.7 Å². The van der Waals surface area contributed by atoms with Gasteiger partial charge in [0.2, 0.25) is 0 Å². The number of rotatable bonds is 5.